The van der Waals surface area contributed by atoms with Crippen LogP contribution in [0.1, 0.15) is 25.7 Å². The minimum Gasteiger partial charge on any atom is -0.338 e. The second-order valence-electron chi connectivity index (χ2n) is 5.63. The molecule has 2 rings (SSSR count). The first-order valence-electron chi connectivity index (χ1n) is 6.84. The van der Waals surface area contributed by atoms with E-state index in [9.17, 15) is 4.79 Å². The lowest BCUT2D eigenvalue weighted by atomic mass is 9.98. The number of amides is 1. The number of nitrogens with zero attached hydrogens (tertiary/aromatic N) is 2. The highest BCUT2D eigenvalue weighted by Crippen LogP contribution is 2.22. The number of likely N-dealkylation sites (N-methyl/N-ethyl adjacent to an activating group) is 1. The Morgan fingerprint density at radius 3 is 2.82 bits per heavy atom. The zero-order valence-corrected chi connectivity index (χ0v) is 11.1. The fourth-order valence-electron chi connectivity index (χ4n) is 3.03. The zero-order valence-electron chi connectivity index (χ0n) is 11.1. The van der Waals surface area contributed by atoms with Gasteiger partial charge in [-0.25, -0.2) is 0 Å². The molecule has 0 saturated carbocycles. The molecule has 0 aromatic carbocycles. The summed E-state index contributed by atoms with van der Waals surface area (Å²) in [7, 11) is 4.17. The second kappa shape index (κ2) is 5.83. The van der Waals surface area contributed by atoms with Crippen molar-refractivity contribution in [1.82, 2.24) is 15.1 Å². The summed E-state index contributed by atoms with van der Waals surface area (Å²) in [5.41, 5.74) is 0. The Morgan fingerprint density at radius 1 is 1.35 bits per heavy atom. The third-order valence-corrected chi connectivity index (χ3v) is 3.88. The van der Waals surface area contributed by atoms with E-state index < -0.39 is 0 Å². The summed E-state index contributed by atoms with van der Waals surface area (Å²) in [5.74, 6) is 0.619. The molecular weight excluding hydrogens is 214 g/mol. The molecule has 0 aromatic rings. The van der Waals surface area contributed by atoms with Crippen molar-refractivity contribution in [1.29, 1.82) is 0 Å². The first kappa shape index (κ1) is 12.8. The van der Waals surface area contributed by atoms with Gasteiger partial charge < -0.3 is 15.1 Å². The van der Waals surface area contributed by atoms with Crippen molar-refractivity contribution in [2.24, 2.45) is 5.92 Å². The van der Waals surface area contributed by atoms with Gasteiger partial charge in [0.25, 0.3) is 0 Å². The van der Waals surface area contributed by atoms with Crippen LogP contribution in [0.4, 0.5) is 0 Å². The SMILES string of the molecule is CN(C)CC1CCCN1C(=O)[C@@H]1CCCNC1. The normalized spacial score (nSPS) is 29.9. The molecule has 17 heavy (non-hydrogen) atoms. The fourth-order valence-corrected chi connectivity index (χ4v) is 3.03. The fraction of sp³-hybridized carbons (Fsp3) is 0.923. The molecule has 1 amide bonds. The van der Waals surface area contributed by atoms with Gasteiger partial charge in [0.15, 0.2) is 0 Å². The second-order valence-corrected chi connectivity index (χ2v) is 5.63. The summed E-state index contributed by atoms with van der Waals surface area (Å²) in [6, 6.07) is 0.444. The molecule has 0 aromatic heterocycles. The molecule has 1 N–H and O–H groups in total. The van der Waals surface area contributed by atoms with Gasteiger partial charge in [-0.3, -0.25) is 4.79 Å². The van der Waals surface area contributed by atoms with Crippen molar-refractivity contribution in [3.05, 3.63) is 0 Å². The zero-order chi connectivity index (χ0) is 12.3. The maximum absolute atomic E-state index is 12.5. The molecule has 2 atom stereocenters. The number of nitrogens with one attached hydrogen (secondary N) is 1. The van der Waals surface area contributed by atoms with Gasteiger partial charge in [-0.2, -0.15) is 0 Å². The maximum Gasteiger partial charge on any atom is 0.227 e. The van der Waals surface area contributed by atoms with E-state index in [0.29, 0.717) is 11.9 Å². The van der Waals surface area contributed by atoms with E-state index in [1.807, 2.05) is 0 Å². The van der Waals surface area contributed by atoms with Crippen LogP contribution in [0, 0.1) is 5.92 Å². The van der Waals surface area contributed by atoms with Crippen LogP contribution in [-0.4, -0.2) is 62.0 Å². The predicted octanol–water partition coefficient (Wildman–Crippen LogP) is 0.539. The van der Waals surface area contributed by atoms with Crippen molar-refractivity contribution in [3.8, 4) is 0 Å². The molecule has 2 fully saturated rings. The number of likely N-dealkylation sites (tertiary alicyclic amines) is 1. The minimum atomic E-state index is 0.228. The van der Waals surface area contributed by atoms with Crippen LogP contribution < -0.4 is 5.32 Å². The summed E-state index contributed by atoms with van der Waals surface area (Å²) in [6.45, 7) is 3.93. The van der Waals surface area contributed by atoms with Gasteiger partial charge in [-0.15, -0.1) is 0 Å². The van der Waals surface area contributed by atoms with E-state index in [1.54, 1.807) is 0 Å². The third-order valence-electron chi connectivity index (χ3n) is 3.88. The maximum atomic E-state index is 12.5. The molecule has 2 aliphatic heterocycles. The monoisotopic (exact) mass is 239 g/mol. The van der Waals surface area contributed by atoms with Crippen LogP contribution >= 0.6 is 0 Å². The van der Waals surface area contributed by atoms with E-state index in [0.717, 1.165) is 39.0 Å². The Morgan fingerprint density at radius 2 is 2.18 bits per heavy atom. The number of hydrogen-bond acceptors (Lipinski definition) is 3. The van der Waals surface area contributed by atoms with Crippen LogP contribution in [0.25, 0.3) is 0 Å². The Bertz CT molecular complexity index is 261. The van der Waals surface area contributed by atoms with Gasteiger partial charge in [0.1, 0.15) is 0 Å². The molecule has 98 valence electrons. The average molecular weight is 239 g/mol. The molecular formula is C13H25N3O. The molecule has 0 aliphatic carbocycles. The highest BCUT2D eigenvalue weighted by Gasteiger charge is 2.33. The van der Waals surface area contributed by atoms with Gasteiger partial charge in [0.05, 0.1) is 5.92 Å². The Balaban J connectivity index is 1.92. The highest BCUT2D eigenvalue weighted by atomic mass is 16.2. The van der Waals surface area contributed by atoms with E-state index >= 15 is 0 Å². The summed E-state index contributed by atoms with van der Waals surface area (Å²) >= 11 is 0. The summed E-state index contributed by atoms with van der Waals surface area (Å²) in [4.78, 5) is 16.8. The quantitative estimate of drug-likeness (QED) is 0.781. The van der Waals surface area contributed by atoms with Gasteiger partial charge in [0, 0.05) is 25.7 Å². The van der Waals surface area contributed by atoms with Crippen LogP contribution in [0.5, 0.6) is 0 Å². The molecule has 0 bridgehead atoms. The molecule has 2 heterocycles. The largest absolute Gasteiger partial charge is 0.338 e. The number of carbonyl (C=O) groups is 1. The predicted molar refractivity (Wildman–Crippen MR) is 68.9 cm³/mol. The van der Waals surface area contributed by atoms with E-state index in [2.05, 4.69) is 29.2 Å². The number of hydrogen-bond donors (Lipinski definition) is 1. The van der Waals surface area contributed by atoms with Gasteiger partial charge in [-0.05, 0) is 46.3 Å². The molecule has 0 radical (unpaired) electrons. The van der Waals surface area contributed by atoms with E-state index in [-0.39, 0.29) is 5.92 Å². The topological polar surface area (TPSA) is 35.6 Å². The van der Waals surface area contributed by atoms with E-state index in [1.165, 1.54) is 12.8 Å². The molecule has 2 saturated heterocycles. The van der Waals surface area contributed by atoms with Crippen molar-refractivity contribution >= 4 is 5.91 Å². The number of rotatable bonds is 3. The first-order chi connectivity index (χ1) is 8.18. The van der Waals surface area contributed by atoms with Crippen molar-refractivity contribution in [2.75, 3.05) is 40.3 Å². The number of carbonyl (C=O) groups excluding carboxylic acids is 1. The highest BCUT2D eigenvalue weighted by molar-refractivity contribution is 5.79. The summed E-state index contributed by atoms with van der Waals surface area (Å²) in [6.07, 6.45) is 4.55. The van der Waals surface area contributed by atoms with Crippen LogP contribution in [0.15, 0.2) is 0 Å². The molecule has 0 spiro atoms. The lowest BCUT2D eigenvalue weighted by molar-refractivity contribution is -0.137. The van der Waals surface area contributed by atoms with Crippen molar-refractivity contribution in [2.45, 2.75) is 31.7 Å². The molecule has 1 unspecified atom stereocenters. The Hall–Kier alpha value is -0.610. The number of piperidine rings is 1. The van der Waals surface area contributed by atoms with Gasteiger partial charge in [-0.1, -0.05) is 0 Å². The van der Waals surface area contributed by atoms with Gasteiger partial charge in [0.2, 0.25) is 5.91 Å². The van der Waals surface area contributed by atoms with E-state index in [4.69, 9.17) is 0 Å². The smallest absolute Gasteiger partial charge is 0.227 e. The Labute approximate surface area is 104 Å². The molecule has 4 heteroatoms. The Kier molecular flexibility index (Phi) is 4.40. The van der Waals surface area contributed by atoms with Crippen LogP contribution in [-0.2, 0) is 4.79 Å². The van der Waals surface area contributed by atoms with Crippen LogP contribution in [0.2, 0.25) is 0 Å². The first-order valence-corrected chi connectivity index (χ1v) is 6.84. The standard InChI is InChI=1S/C13H25N3O/c1-15(2)10-12-6-4-8-16(12)13(17)11-5-3-7-14-9-11/h11-12,14H,3-10H2,1-2H3/t11-,12?/m1/s1. The molecule has 2 aliphatic rings. The average Bonchev–Trinajstić information content (AvgIpc) is 2.76. The summed E-state index contributed by atoms with van der Waals surface area (Å²) in [5, 5.41) is 3.34. The van der Waals surface area contributed by atoms with Gasteiger partial charge >= 0.3 is 0 Å². The minimum absolute atomic E-state index is 0.228. The van der Waals surface area contributed by atoms with Crippen molar-refractivity contribution < 1.29 is 4.79 Å². The lowest BCUT2D eigenvalue weighted by Crippen LogP contribution is -2.47. The third kappa shape index (κ3) is 3.19. The molecule has 4 nitrogen and oxygen atoms in total. The summed E-state index contributed by atoms with van der Waals surface area (Å²) < 4.78 is 0. The van der Waals surface area contributed by atoms with Crippen LogP contribution in [0.3, 0.4) is 0 Å². The van der Waals surface area contributed by atoms with Crippen molar-refractivity contribution in [3.63, 3.8) is 0 Å². The lowest BCUT2D eigenvalue weighted by Gasteiger charge is -2.32.